The standard InChI is InChI=1S/C20H27N5O2S/c1-5-24(6-2)12-9-13-25-19(26)16-10-7-8-11-17(16)22-20(25)28-14(3)18-21-15(4)23-27-18/h7-8,10-11,14H,5-6,9,12-13H2,1-4H3. The highest BCUT2D eigenvalue weighted by molar-refractivity contribution is 7.99. The molecule has 3 aromatic rings. The quantitative estimate of drug-likeness (QED) is 0.400. The number of nitrogens with zero attached hydrogens (tertiary/aromatic N) is 5. The average molecular weight is 402 g/mol. The van der Waals surface area contributed by atoms with Crippen molar-refractivity contribution in [3.8, 4) is 0 Å². The van der Waals surface area contributed by atoms with Crippen LogP contribution >= 0.6 is 11.8 Å². The summed E-state index contributed by atoms with van der Waals surface area (Å²) < 4.78 is 7.08. The number of para-hydroxylation sites is 1. The molecule has 2 heterocycles. The zero-order chi connectivity index (χ0) is 20.1. The van der Waals surface area contributed by atoms with Gasteiger partial charge in [-0.05, 0) is 52.0 Å². The summed E-state index contributed by atoms with van der Waals surface area (Å²) in [6, 6.07) is 7.49. The molecule has 0 spiro atoms. The van der Waals surface area contributed by atoms with Crippen molar-refractivity contribution in [1.82, 2.24) is 24.6 Å². The molecule has 0 radical (unpaired) electrons. The minimum atomic E-state index is -0.0942. The van der Waals surface area contributed by atoms with Crippen LogP contribution in [-0.2, 0) is 6.54 Å². The van der Waals surface area contributed by atoms with Crippen LogP contribution in [0.5, 0.6) is 0 Å². The summed E-state index contributed by atoms with van der Waals surface area (Å²) in [7, 11) is 0. The fourth-order valence-electron chi connectivity index (χ4n) is 3.11. The normalized spacial score (nSPS) is 12.8. The maximum absolute atomic E-state index is 13.1. The Morgan fingerprint density at radius 2 is 1.96 bits per heavy atom. The van der Waals surface area contributed by atoms with Gasteiger partial charge in [0.2, 0.25) is 5.89 Å². The van der Waals surface area contributed by atoms with Crippen molar-refractivity contribution in [3.05, 3.63) is 46.3 Å². The molecule has 0 aliphatic rings. The molecule has 0 aliphatic heterocycles. The van der Waals surface area contributed by atoms with Gasteiger partial charge in [0.1, 0.15) is 0 Å². The lowest BCUT2D eigenvalue weighted by atomic mass is 10.2. The molecule has 3 rings (SSSR count). The molecule has 0 N–H and O–H groups in total. The highest BCUT2D eigenvalue weighted by Crippen LogP contribution is 2.33. The monoisotopic (exact) mass is 401 g/mol. The second-order valence-electron chi connectivity index (χ2n) is 6.69. The third kappa shape index (κ3) is 4.62. The Balaban J connectivity index is 1.91. The van der Waals surface area contributed by atoms with Gasteiger partial charge in [0.25, 0.3) is 5.56 Å². The molecule has 0 fully saturated rings. The number of thioether (sulfide) groups is 1. The van der Waals surface area contributed by atoms with Gasteiger partial charge in [-0.2, -0.15) is 4.98 Å². The Hall–Kier alpha value is -2.19. The van der Waals surface area contributed by atoms with Crippen molar-refractivity contribution in [2.45, 2.75) is 51.1 Å². The number of hydrogen-bond acceptors (Lipinski definition) is 7. The van der Waals surface area contributed by atoms with Crippen LogP contribution in [0, 0.1) is 6.92 Å². The van der Waals surface area contributed by atoms with Crippen LogP contribution in [0.1, 0.15) is 44.2 Å². The van der Waals surface area contributed by atoms with Gasteiger partial charge >= 0.3 is 0 Å². The highest BCUT2D eigenvalue weighted by atomic mass is 32.2. The Morgan fingerprint density at radius 3 is 2.64 bits per heavy atom. The van der Waals surface area contributed by atoms with Crippen LogP contribution in [0.2, 0.25) is 0 Å². The van der Waals surface area contributed by atoms with Gasteiger partial charge in [0.15, 0.2) is 11.0 Å². The first-order valence-electron chi connectivity index (χ1n) is 9.72. The third-order valence-electron chi connectivity index (χ3n) is 4.75. The SMILES string of the molecule is CCN(CC)CCCn1c(SC(C)c2nc(C)no2)nc2ccccc2c1=O. The Kier molecular flexibility index (Phi) is 6.85. The minimum absolute atomic E-state index is 0.00144. The number of hydrogen-bond donors (Lipinski definition) is 0. The van der Waals surface area contributed by atoms with Gasteiger partial charge in [0, 0.05) is 6.54 Å². The minimum Gasteiger partial charge on any atom is -0.338 e. The lowest BCUT2D eigenvalue weighted by Crippen LogP contribution is -2.28. The van der Waals surface area contributed by atoms with Crippen LogP contribution < -0.4 is 5.56 Å². The summed E-state index contributed by atoms with van der Waals surface area (Å²) in [5, 5.41) is 5.10. The number of aromatic nitrogens is 4. The number of aryl methyl sites for hydroxylation is 1. The molecule has 7 nitrogen and oxygen atoms in total. The Morgan fingerprint density at radius 1 is 1.21 bits per heavy atom. The first-order valence-corrected chi connectivity index (χ1v) is 10.6. The van der Waals surface area contributed by atoms with Crippen LogP contribution in [0.4, 0.5) is 0 Å². The lowest BCUT2D eigenvalue weighted by molar-refractivity contribution is 0.290. The summed E-state index contributed by atoms with van der Waals surface area (Å²) in [5.74, 6) is 1.14. The van der Waals surface area contributed by atoms with Gasteiger partial charge in [-0.3, -0.25) is 9.36 Å². The molecule has 0 aliphatic carbocycles. The maximum Gasteiger partial charge on any atom is 0.262 e. The first-order chi connectivity index (χ1) is 13.5. The van der Waals surface area contributed by atoms with Crippen LogP contribution in [0.25, 0.3) is 10.9 Å². The smallest absolute Gasteiger partial charge is 0.262 e. The Labute approximate surface area is 169 Å². The molecule has 2 aromatic heterocycles. The van der Waals surface area contributed by atoms with Crippen molar-refractivity contribution >= 4 is 22.7 Å². The molecular formula is C20H27N5O2S. The summed E-state index contributed by atoms with van der Waals surface area (Å²) in [4.78, 5) is 24.6. The summed E-state index contributed by atoms with van der Waals surface area (Å²) in [6.45, 7) is 11.7. The van der Waals surface area contributed by atoms with E-state index in [1.54, 1.807) is 11.5 Å². The molecule has 0 bridgehead atoms. The average Bonchev–Trinajstić information content (AvgIpc) is 3.14. The van der Waals surface area contributed by atoms with E-state index in [1.807, 2.05) is 31.2 Å². The molecule has 1 atom stereocenters. The summed E-state index contributed by atoms with van der Waals surface area (Å²) in [6.07, 6.45) is 0.892. The van der Waals surface area contributed by atoms with Crippen molar-refractivity contribution in [3.63, 3.8) is 0 Å². The second kappa shape index (κ2) is 9.34. The molecule has 150 valence electrons. The van der Waals surface area contributed by atoms with Gasteiger partial charge in [-0.1, -0.05) is 42.9 Å². The molecule has 1 unspecified atom stereocenters. The predicted molar refractivity (Wildman–Crippen MR) is 112 cm³/mol. The summed E-state index contributed by atoms with van der Waals surface area (Å²) in [5.41, 5.74) is 0.713. The van der Waals surface area contributed by atoms with E-state index in [4.69, 9.17) is 9.51 Å². The van der Waals surface area contributed by atoms with E-state index >= 15 is 0 Å². The van der Waals surface area contributed by atoms with Gasteiger partial charge in [-0.25, -0.2) is 4.98 Å². The lowest BCUT2D eigenvalue weighted by Gasteiger charge is -2.19. The van der Waals surface area contributed by atoms with E-state index in [-0.39, 0.29) is 10.8 Å². The van der Waals surface area contributed by atoms with E-state index in [2.05, 4.69) is 28.9 Å². The van der Waals surface area contributed by atoms with Crippen molar-refractivity contribution in [2.75, 3.05) is 19.6 Å². The Bertz CT molecular complexity index is 980. The van der Waals surface area contributed by atoms with Gasteiger partial charge < -0.3 is 9.42 Å². The van der Waals surface area contributed by atoms with Gasteiger partial charge in [-0.15, -0.1) is 0 Å². The molecule has 0 saturated carbocycles. The number of fused-ring (bicyclic) bond motifs is 1. The topological polar surface area (TPSA) is 77.1 Å². The van der Waals surface area contributed by atoms with Crippen LogP contribution in [0.15, 0.2) is 38.7 Å². The van der Waals surface area contributed by atoms with Crippen LogP contribution in [-0.4, -0.2) is 44.2 Å². The number of benzene rings is 1. The van der Waals surface area contributed by atoms with E-state index in [1.165, 1.54) is 11.8 Å². The fraction of sp³-hybridized carbons (Fsp3) is 0.500. The third-order valence-corrected chi connectivity index (χ3v) is 5.83. The van der Waals surface area contributed by atoms with E-state index in [0.717, 1.165) is 26.1 Å². The molecule has 8 heteroatoms. The van der Waals surface area contributed by atoms with E-state index < -0.39 is 0 Å². The van der Waals surface area contributed by atoms with Crippen molar-refractivity contribution in [2.24, 2.45) is 0 Å². The number of rotatable bonds is 9. The van der Waals surface area contributed by atoms with Crippen molar-refractivity contribution < 1.29 is 4.52 Å². The molecule has 28 heavy (non-hydrogen) atoms. The molecule has 0 amide bonds. The second-order valence-corrected chi connectivity index (χ2v) is 8.00. The highest BCUT2D eigenvalue weighted by Gasteiger charge is 2.19. The molecule has 0 saturated heterocycles. The maximum atomic E-state index is 13.1. The van der Waals surface area contributed by atoms with E-state index in [9.17, 15) is 4.79 Å². The zero-order valence-corrected chi connectivity index (χ0v) is 17.7. The van der Waals surface area contributed by atoms with Crippen molar-refractivity contribution in [1.29, 1.82) is 0 Å². The largest absolute Gasteiger partial charge is 0.338 e. The molecular weight excluding hydrogens is 374 g/mol. The zero-order valence-electron chi connectivity index (χ0n) is 16.9. The fourth-order valence-corrected chi connectivity index (χ4v) is 4.08. The first kappa shape index (κ1) is 20.5. The van der Waals surface area contributed by atoms with Crippen LogP contribution in [0.3, 0.4) is 0 Å². The van der Waals surface area contributed by atoms with Gasteiger partial charge in [0.05, 0.1) is 16.2 Å². The van der Waals surface area contributed by atoms with E-state index in [0.29, 0.717) is 34.3 Å². The predicted octanol–water partition coefficient (Wildman–Crippen LogP) is 3.67. The molecule has 1 aromatic carbocycles. The summed E-state index contributed by atoms with van der Waals surface area (Å²) >= 11 is 1.48.